The van der Waals surface area contributed by atoms with Crippen LogP contribution in [0.25, 0.3) is 0 Å². The molecule has 7 heteroatoms. The van der Waals surface area contributed by atoms with E-state index in [4.69, 9.17) is 10.5 Å². The van der Waals surface area contributed by atoms with Gasteiger partial charge in [0.15, 0.2) is 5.01 Å². The van der Waals surface area contributed by atoms with E-state index in [0.717, 1.165) is 12.8 Å². The molecule has 2 unspecified atom stereocenters. The van der Waals surface area contributed by atoms with Crippen LogP contribution >= 0.6 is 11.3 Å². The highest BCUT2D eigenvalue weighted by atomic mass is 32.1. The van der Waals surface area contributed by atoms with Crippen LogP contribution in [0.1, 0.15) is 35.2 Å². The molecule has 17 heavy (non-hydrogen) atoms. The van der Waals surface area contributed by atoms with Crippen molar-refractivity contribution < 1.29 is 17.9 Å². The second kappa shape index (κ2) is 4.91. The Balaban J connectivity index is 1.99. The monoisotopic (exact) mass is 266 g/mol. The third kappa shape index (κ3) is 3.17. The van der Waals surface area contributed by atoms with Gasteiger partial charge < -0.3 is 10.5 Å². The third-order valence-corrected chi connectivity index (χ3v) is 3.85. The Morgan fingerprint density at radius 1 is 1.59 bits per heavy atom. The summed E-state index contributed by atoms with van der Waals surface area (Å²) >= 11 is 0.615. The molecule has 1 aromatic heterocycles. The fourth-order valence-corrected chi connectivity index (χ4v) is 2.62. The van der Waals surface area contributed by atoms with Crippen LogP contribution in [-0.4, -0.2) is 17.7 Å². The molecule has 0 aliphatic carbocycles. The number of nitrogens with two attached hydrogens (primary N) is 1. The van der Waals surface area contributed by atoms with Gasteiger partial charge in [0.2, 0.25) is 0 Å². The number of ether oxygens (including phenoxy) is 1. The minimum atomic E-state index is -4.38. The van der Waals surface area contributed by atoms with Crippen molar-refractivity contribution in [3.05, 3.63) is 16.1 Å². The summed E-state index contributed by atoms with van der Waals surface area (Å²) in [5.74, 6) is 0. The van der Waals surface area contributed by atoms with Crippen molar-refractivity contribution in [1.82, 2.24) is 4.98 Å². The highest BCUT2D eigenvalue weighted by Gasteiger charge is 2.35. The van der Waals surface area contributed by atoms with Gasteiger partial charge in [-0.15, -0.1) is 11.3 Å². The number of aromatic nitrogens is 1. The highest BCUT2D eigenvalue weighted by Crippen LogP contribution is 2.35. The fraction of sp³-hybridized carbons (Fsp3) is 0.700. The van der Waals surface area contributed by atoms with E-state index < -0.39 is 17.2 Å². The molecule has 1 aliphatic rings. The van der Waals surface area contributed by atoms with E-state index in [1.165, 1.54) is 6.20 Å². The van der Waals surface area contributed by atoms with Crippen LogP contribution in [0.2, 0.25) is 0 Å². The van der Waals surface area contributed by atoms with Crippen molar-refractivity contribution in [2.24, 2.45) is 5.73 Å². The summed E-state index contributed by atoms with van der Waals surface area (Å²) in [6.45, 7) is 0.716. The first kappa shape index (κ1) is 12.8. The summed E-state index contributed by atoms with van der Waals surface area (Å²) < 4.78 is 42.5. The molecule has 0 bridgehead atoms. The lowest BCUT2D eigenvalue weighted by Gasteiger charge is -2.14. The molecule has 2 heterocycles. The average molecular weight is 266 g/mol. The molecule has 0 radical (unpaired) electrons. The van der Waals surface area contributed by atoms with Gasteiger partial charge in [-0.25, -0.2) is 4.98 Å². The topological polar surface area (TPSA) is 48.1 Å². The zero-order chi connectivity index (χ0) is 12.5. The smallest absolute Gasteiger partial charge is 0.378 e. The summed E-state index contributed by atoms with van der Waals surface area (Å²) in [4.78, 5) is 3.82. The van der Waals surface area contributed by atoms with E-state index in [1.54, 1.807) is 0 Å². The number of nitrogens with zero attached hydrogens (tertiary/aromatic N) is 1. The second-order valence-corrected chi connectivity index (χ2v) is 5.10. The van der Waals surface area contributed by atoms with Gasteiger partial charge in [0.25, 0.3) is 0 Å². The Hall–Kier alpha value is -0.660. The first-order chi connectivity index (χ1) is 7.97. The standard InChI is InChI=1S/C10H13F3N2OS/c11-10(12,13)9-15-5-8(17-9)7(14)4-6-2-1-3-16-6/h5-7H,1-4,14H2. The summed E-state index contributed by atoms with van der Waals surface area (Å²) in [5, 5.41) is -0.838. The molecule has 2 atom stereocenters. The average Bonchev–Trinajstić information content (AvgIpc) is 2.85. The predicted molar refractivity (Wildman–Crippen MR) is 57.6 cm³/mol. The normalized spacial score (nSPS) is 22.9. The van der Waals surface area contributed by atoms with E-state index in [9.17, 15) is 13.2 Å². The zero-order valence-corrected chi connectivity index (χ0v) is 9.85. The zero-order valence-electron chi connectivity index (χ0n) is 9.04. The lowest BCUT2D eigenvalue weighted by Crippen LogP contribution is -2.17. The van der Waals surface area contributed by atoms with Crippen LogP contribution in [-0.2, 0) is 10.9 Å². The molecular formula is C10H13F3N2OS. The maximum atomic E-state index is 12.4. The minimum absolute atomic E-state index is 0.0708. The van der Waals surface area contributed by atoms with Crippen molar-refractivity contribution in [1.29, 1.82) is 0 Å². The molecule has 1 fully saturated rings. The molecule has 1 aromatic rings. The van der Waals surface area contributed by atoms with Crippen molar-refractivity contribution >= 4 is 11.3 Å². The van der Waals surface area contributed by atoms with Gasteiger partial charge in [0.05, 0.1) is 6.10 Å². The number of alkyl halides is 3. The maximum absolute atomic E-state index is 12.4. The number of hydrogen-bond acceptors (Lipinski definition) is 4. The Labute approximate surface area is 101 Å². The van der Waals surface area contributed by atoms with Crippen LogP contribution in [0.4, 0.5) is 13.2 Å². The number of hydrogen-bond donors (Lipinski definition) is 1. The van der Waals surface area contributed by atoms with Crippen LogP contribution in [0.5, 0.6) is 0 Å². The number of thiazole rings is 1. The lowest BCUT2D eigenvalue weighted by molar-refractivity contribution is -0.137. The van der Waals surface area contributed by atoms with E-state index in [-0.39, 0.29) is 6.10 Å². The van der Waals surface area contributed by atoms with Crippen LogP contribution in [0.15, 0.2) is 6.20 Å². The fourth-order valence-electron chi connectivity index (χ4n) is 1.82. The Morgan fingerprint density at radius 2 is 2.35 bits per heavy atom. The van der Waals surface area contributed by atoms with Gasteiger partial charge in [0, 0.05) is 23.7 Å². The molecule has 0 aromatic carbocycles. The van der Waals surface area contributed by atoms with E-state index in [2.05, 4.69) is 4.98 Å². The van der Waals surface area contributed by atoms with Gasteiger partial charge in [-0.05, 0) is 19.3 Å². The summed E-state index contributed by atoms with van der Waals surface area (Å²) in [7, 11) is 0. The number of halogens is 3. The summed E-state index contributed by atoms with van der Waals surface area (Å²) in [5.41, 5.74) is 5.85. The molecule has 2 rings (SSSR count). The molecule has 3 nitrogen and oxygen atoms in total. The summed E-state index contributed by atoms with van der Waals surface area (Å²) in [6, 6.07) is -0.424. The van der Waals surface area contributed by atoms with Crippen molar-refractivity contribution in [2.75, 3.05) is 6.61 Å². The molecule has 96 valence electrons. The van der Waals surface area contributed by atoms with Gasteiger partial charge in [-0.2, -0.15) is 13.2 Å². The third-order valence-electron chi connectivity index (χ3n) is 2.67. The first-order valence-electron chi connectivity index (χ1n) is 5.37. The second-order valence-electron chi connectivity index (χ2n) is 4.04. The maximum Gasteiger partial charge on any atom is 0.443 e. The van der Waals surface area contributed by atoms with Gasteiger partial charge in [-0.3, -0.25) is 0 Å². The molecule has 0 amide bonds. The van der Waals surface area contributed by atoms with Gasteiger partial charge >= 0.3 is 6.18 Å². The Morgan fingerprint density at radius 3 is 2.88 bits per heavy atom. The summed E-state index contributed by atoms with van der Waals surface area (Å²) in [6.07, 6.45) is -0.618. The van der Waals surface area contributed by atoms with Gasteiger partial charge in [0.1, 0.15) is 0 Å². The van der Waals surface area contributed by atoms with E-state index in [0.29, 0.717) is 29.2 Å². The van der Waals surface area contributed by atoms with Crippen LogP contribution in [0.3, 0.4) is 0 Å². The first-order valence-corrected chi connectivity index (χ1v) is 6.18. The lowest BCUT2D eigenvalue weighted by atomic mass is 10.1. The van der Waals surface area contributed by atoms with Gasteiger partial charge in [-0.1, -0.05) is 0 Å². The molecule has 2 N–H and O–H groups in total. The molecule has 0 spiro atoms. The molecule has 1 aliphatic heterocycles. The van der Waals surface area contributed by atoms with E-state index >= 15 is 0 Å². The highest BCUT2D eigenvalue weighted by molar-refractivity contribution is 7.11. The Kier molecular flexibility index (Phi) is 3.70. The number of rotatable bonds is 3. The Bertz CT molecular complexity index is 374. The molecule has 1 saturated heterocycles. The molecular weight excluding hydrogens is 253 g/mol. The van der Waals surface area contributed by atoms with Crippen molar-refractivity contribution in [3.63, 3.8) is 0 Å². The van der Waals surface area contributed by atoms with Crippen molar-refractivity contribution in [3.8, 4) is 0 Å². The van der Waals surface area contributed by atoms with Crippen molar-refractivity contribution in [2.45, 2.75) is 37.6 Å². The minimum Gasteiger partial charge on any atom is -0.378 e. The van der Waals surface area contributed by atoms with E-state index in [1.807, 2.05) is 0 Å². The predicted octanol–water partition coefficient (Wildman–Crippen LogP) is 2.73. The largest absolute Gasteiger partial charge is 0.443 e. The van der Waals surface area contributed by atoms with Crippen LogP contribution in [0, 0.1) is 0 Å². The quantitative estimate of drug-likeness (QED) is 0.915. The molecule has 0 saturated carbocycles. The SMILES string of the molecule is NC(CC1CCCO1)c1cnc(C(F)(F)F)s1. The van der Waals surface area contributed by atoms with Crippen LogP contribution < -0.4 is 5.73 Å².